The lowest BCUT2D eigenvalue weighted by Gasteiger charge is -2.11. The highest BCUT2D eigenvalue weighted by Crippen LogP contribution is 2.22. The molecule has 0 fully saturated rings. The van der Waals surface area contributed by atoms with Crippen molar-refractivity contribution < 1.29 is 14.3 Å². The SMILES string of the molecule is Cc1cccc(C)c1OCC(=O)Oc1ccc(/C=C/c2ccccn2)cc1. The van der Waals surface area contributed by atoms with Gasteiger partial charge in [-0.1, -0.05) is 42.5 Å². The standard InChI is InChI=1S/C23H21NO3/c1-17-6-5-7-18(2)23(17)26-16-22(25)27-21-13-10-19(11-14-21)9-12-20-8-3-4-15-24-20/h3-15H,16H2,1-2H3/b12-9+. The molecule has 0 saturated heterocycles. The summed E-state index contributed by atoms with van der Waals surface area (Å²) in [5, 5.41) is 0. The van der Waals surface area contributed by atoms with E-state index >= 15 is 0 Å². The highest BCUT2D eigenvalue weighted by atomic mass is 16.6. The average Bonchev–Trinajstić information content (AvgIpc) is 2.68. The smallest absolute Gasteiger partial charge is 0.349 e. The van der Waals surface area contributed by atoms with Crippen LogP contribution >= 0.6 is 0 Å². The highest BCUT2D eigenvalue weighted by molar-refractivity contribution is 5.74. The summed E-state index contributed by atoms with van der Waals surface area (Å²) in [6.45, 7) is 3.77. The van der Waals surface area contributed by atoms with Crippen molar-refractivity contribution in [1.29, 1.82) is 0 Å². The van der Waals surface area contributed by atoms with Crippen molar-refractivity contribution in [3.05, 3.63) is 89.2 Å². The largest absolute Gasteiger partial charge is 0.481 e. The van der Waals surface area contributed by atoms with Crippen LogP contribution < -0.4 is 9.47 Å². The summed E-state index contributed by atoms with van der Waals surface area (Å²) in [4.78, 5) is 16.3. The van der Waals surface area contributed by atoms with Crippen molar-refractivity contribution in [2.45, 2.75) is 13.8 Å². The average molecular weight is 359 g/mol. The van der Waals surface area contributed by atoms with Crippen LogP contribution in [0.4, 0.5) is 0 Å². The molecule has 0 aliphatic carbocycles. The van der Waals surface area contributed by atoms with E-state index in [-0.39, 0.29) is 6.61 Å². The highest BCUT2D eigenvalue weighted by Gasteiger charge is 2.09. The number of aryl methyl sites for hydroxylation is 2. The predicted molar refractivity (Wildman–Crippen MR) is 107 cm³/mol. The molecule has 1 aromatic heterocycles. The van der Waals surface area contributed by atoms with E-state index in [2.05, 4.69) is 4.98 Å². The van der Waals surface area contributed by atoms with Crippen LogP contribution in [-0.2, 0) is 4.79 Å². The molecular weight excluding hydrogens is 338 g/mol. The summed E-state index contributed by atoms with van der Waals surface area (Å²) in [6.07, 6.45) is 5.64. The van der Waals surface area contributed by atoms with E-state index in [1.165, 1.54) is 0 Å². The van der Waals surface area contributed by atoms with Crippen LogP contribution in [0.25, 0.3) is 12.2 Å². The molecular formula is C23H21NO3. The van der Waals surface area contributed by atoms with Gasteiger partial charge in [-0.15, -0.1) is 0 Å². The topological polar surface area (TPSA) is 48.4 Å². The van der Waals surface area contributed by atoms with Crippen LogP contribution in [-0.4, -0.2) is 17.6 Å². The Morgan fingerprint density at radius 1 is 0.926 bits per heavy atom. The van der Waals surface area contributed by atoms with Gasteiger partial charge < -0.3 is 9.47 Å². The van der Waals surface area contributed by atoms with E-state index in [1.807, 2.05) is 74.5 Å². The Morgan fingerprint density at radius 2 is 1.67 bits per heavy atom. The van der Waals surface area contributed by atoms with Gasteiger partial charge in [0, 0.05) is 6.20 Å². The van der Waals surface area contributed by atoms with Gasteiger partial charge in [0.2, 0.25) is 0 Å². The third-order valence-electron chi connectivity index (χ3n) is 3.99. The first kappa shape index (κ1) is 18.4. The number of hydrogen-bond acceptors (Lipinski definition) is 4. The van der Waals surface area contributed by atoms with Crippen molar-refractivity contribution in [3.8, 4) is 11.5 Å². The molecule has 0 N–H and O–H groups in total. The molecule has 136 valence electrons. The third-order valence-corrected chi connectivity index (χ3v) is 3.99. The lowest BCUT2D eigenvalue weighted by molar-refractivity contribution is -0.136. The van der Waals surface area contributed by atoms with Gasteiger partial charge in [-0.05, 0) is 60.9 Å². The van der Waals surface area contributed by atoms with Crippen molar-refractivity contribution >= 4 is 18.1 Å². The van der Waals surface area contributed by atoms with E-state index in [1.54, 1.807) is 18.3 Å². The maximum absolute atomic E-state index is 12.0. The van der Waals surface area contributed by atoms with Crippen LogP contribution in [0.15, 0.2) is 66.9 Å². The fourth-order valence-corrected chi connectivity index (χ4v) is 2.62. The first-order valence-corrected chi connectivity index (χ1v) is 8.71. The number of benzene rings is 2. The number of esters is 1. The van der Waals surface area contributed by atoms with Crippen LogP contribution in [0.2, 0.25) is 0 Å². The second-order valence-electron chi connectivity index (χ2n) is 6.14. The molecule has 3 aromatic rings. The molecule has 27 heavy (non-hydrogen) atoms. The fourth-order valence-electron chi connectivity index (χ4n) is 2.62. The molecule has 0 aliphatic rings. The van der Waals surface area contributed by atoms with Crippen molar-refractivity contribution in [2.24, 2.45) is 0 Å². The minimum absolute atomic E-state index is 0.132. The normalized spacial score (nSPS) is 10.7. The second-order valence-corrected chi connectivity index (χ2v) is 6.14. The Labute approximate surface area is 159 Å². The Hall–Kier alpha value is -3.40. The molecule has 0 bridgehead atoms. The summed E-state index contributed by atoms with van der Waals surface area (Å²) in [6, 6.07) is 18.9. The number of carbonyl (C=O) groups excluding carboxylic acids is 1. The number of rotatable bonds is 6. The van der Waals surface area contributed by atoms with Gasteiger partial charge in [0.05, 0.1) is 5.69 Å². The molecule has 0 saturated carbocycles. The minimum atomic E-state index is -0.436. The van der Waals surface area contributed by atoms with Gasteiger partial charge in [-0.25, -0.2) is 4.79 Å². The minimum Gasteiger partial charge on any atom is -0.481 e. The molecule has 0 atom stereocenters. The Morgan fingerprint density at radius 3 is 2.33 bits per heavy atom. The number of aromatic nitrogens is 1. The first-order valence-electron chi connectivity index (χ1n) is 8.71. The Kier molecular flexibility index (Phi) is 6.00. The molecule has 2 aromatic carbocycles. The van der Waals surface area contributed by atoms with Gasteiger partial charge in [0.25, 0.3) is 0 Å². The zero-order chi connectivity index (χ0) is 19.1. The van der Waals surface area contributed by atoms with Crippen LogP contribution in [0, 0.1) is 13.8 Å². The van der Waals surface area contributed by atoms with Crippen LogP contribution in [0.3, 0.4) is 0 Å². The zero-order valence-electron chi connectivity index (χ0n) is 15.4. The second kappa shape index (κ2) is 8.81. The van der Waals surface area contributed by atoms with Crippen LogP contribution in [0.1, 0.15) is 22.4 Å². The Bertz CT molecular complexity index is 911. The van der Waals surface area contributed by atoms with E-state index in [9.17, 15) is 4.79 Å². The van der Waals surface area contributed by atoms with Gasteiger partial charge in [-0.3, -0.25) is 4.98 Å². The number of carbonyl (C=O) groups is 1. The third kappa shape index (κ3) is 5.28. The quantitative estimate of drug-likeness (QED) is 0.466. The number of para-hydroxylation sites is 1. The van der Waals surface area contributed by atoms with E-state index in [4.69, 9.17) is 9.47 Å². The molecule has 3 rings (SSSR count). The lowest BCUT2D eigenvalue weighted by Crippen LogP contribution is -2.18. The molecule has 0 aliphatic heterocycles. The molecule has 1 heterocycles. The van der Waals surface area contributed by atoms with Crippen LogP contribution in [0.5, 0.6) is 11.5 Å². The molecule has 0 spiro atoms. The van der Waals surface area contributed by atoms with E-state index in [0.717, 1.165) is 28.1 Å². The maximum atomic E-state index is 12.0. The lowest BCUT2D eigenvalue weighted by atomic mass is 10.1. The number of hydrogen-bond donors (Lipinski definition) is 0. The molecule has 0 amide bonds. The van der Waals surface area contributed by atoms with Gasteiger partial charge in [-0.2, -0.15) is 0 Å². The monoisotopic (exact) mass is 359 g/mol. The van der Waals surface area contributed by atoms with Gasteiger partial charge in [0.15, 0.2) is 6.61 Å². The summed E-state index contributed by atoms with van der Waals surface area (Å²) in [5.74, 6) is 0.777. The maximum Gasteiger partial charge on any atom is 0.349 e. The fraction of sp³-hybridized carbons (Fsp3) is 0.130. The molecule has 0 unspecified atom stereocenters. The Balaban J connectivity index is 1.55. The summed E-state index contributed by atoms with van der Waals surface area (Å²) >= 11 is 0. The van der Waals surface area contributed by atoms with Crippen molar-refractivity contribution in [2.75, 3.05) is 6.61 Å². The molecule has 0 radical (unpaired) electrons. The van der Waals surface area contributed by atoms with Gasteiger partial charge in [0.1, 0.15) is 11.5 Å². The number of ether oxygens (including phenoxy) is 2. The van der Waals surface area contributed by atoms with E-state index < -0.39 is 5.97 Å². The van der Waals surface area contributed by atoms with E-state index in [0.29, 0.717) is 5.75 Å². The summed E-state index contributed by atoms with van der Waals surface area (Å²) in [7, 11) is 0. The van der Waals surface area contributed by atoms with Gasteiger partial charge >= 0.3 is 5.97 Å². The molecule has 4 heteroatoms. The molecule has 4 nitrogen and oxygen atoms in total. The first-order chi connectivity index (χ1) is 13.1. The predicted octanol–water partition coefficient (Wildman–Crippen LogP) is 4.85. The summed E-state index contributed by atoms with van der Waals surface area (Å²) < 4.78 is 11.0. The number of pyridine rings is 1. The summed E-state index contributed by atoms with van der Waals surface area (Å²) in [5.41, 5.74) is 3.86. The van der Waals surface area contributed by atoms with Crippen molar-refractivity contribution in [3.63, 3.8) is 0 Å². The van der Waals surface area contributed by atoms with Crippen molar-refractivity contribution in [1.82, 2.24) is 4.98 Å². The number of nitrogens with zero attached hydrogens (tertiary/aromatic N) is 1. The zero-order valence-corrected chi connectivity index (χ0v) is 15.4.